The van der Waals surface area contributed by atoms with E-state index in [1.807, 2.05) is 32.9 Å². The number of rotatable bonds is 3. The lowest BCUT2D eigenvalue weighted by Crippen LogP contribution is -2.16. The Labute approximate surface area is 121 Å². The second-order valence-corrected chi connectivity index (χ2v) is 5.61. The van der Waals surface area contributed by atoms with Crippen molar-refractivity contribution < 1.29 is 14.7 Å². The molecule has 0 atom stereocenters. The number of carbonyl (C=O) groups excluding carboxylic acids is 1. The molecule has 1 heterocycles. The molecule has 0 aliphatic rings. The maximum absolute atomic E-state index is 12.3. The average molecular weight is 289 g/mol. The van der Waals surface area contributed by atoms with Crippen molar-refractivity contribution in [2.75, 3.05) is 5.32 Å². The Kier molecular flexibility index (Phi) is 3.90. The third-order valence-electron chi connectivity index (χ3n) is 3.01. The van der Waals surface area contributed by atoms with Gasteiger partial charge in [0, 0.05) is 5.56 Å². The molecule has 0 saturated carbocycles. The van der Waals surface area contributed by atoms with Gasteiger partial charge in [-0.1, -0.05) is 17.7 Å². The van der Waals surface area contributed by atoms with E-state index in [0.29, 0.717) is 11.3 Å². The largest absolute Gasteiger partial charge is 0.477 e. The molecule has 0 unspecified atom stereocenters. The number of benzene rings is 1. The number of carbonyl (C=O) groups is 2. The zero-order valence-electron chi connectivity index (χ0n) is 11.5. The van der Waals surface area contributed by atoms with Crippen LogP contribution in [-0.4, -0.2) is 17.0 Å². The van der Waals surface area contributed by atoms with Gasteiger partial charge in [0.2, 0.25) is 0 Å². The molecule has 0 spiro atoms. The Hall–Kier alpha value is -2.14. The third kappa shape index (κ3) is 2.72. The lowest BCUT2D eigenvalue weighted by molar-refractivity contribution is 0.0703. The van der Waals surface area contributed by atoms with Gasteiger partial charge in [-0.25, -0.2) is 4.79 Å². The number of carboxylic acid groups (broad SMARTS) is 1. The van der Waals surface area contributed by atoms with Crippen LogP contribution < -0.4 is 5.32 Å². The average Bonchev–Trinajstić information content (AvgIpc) is 2.75. The summed E-state index contributed by atoms with van der Waals surface area (Å²) in [6, 6.07) is 5.48. The summed E-state index contributed by atoms with van der Waals surface area (Å²) in [5.41, 5.74) is 3.79. The molecule has 20 heavy (non-hydrogen) atoms. The van der Waals surface area contributed by atoms with Crippen molar-refractivity contribution in [3.05, 3.63) is 50.7 Å². The summed E-state index contributed by atoms with van der Waals surface area (Å²) >= 11 is 1.09. The first-order valence-electron chi connectivity index (χ1n) is 6.10. The second kappa shape index (κ2) is 5.46. The van der Waals surface area contributed by atoms with Crippen LogP contribution in [0.4, 0.5) is 5.69 Å². The fourth-order valence-electron chi connectivity index (χ4n) is 2.30. The van der Waals surface area contributed by atoms with Crippen molar-refractivity contribution in [2.24, 2.45) is 0 Å². The van der Waals surface area contributed by atoms with E-state index < -0.39 is 5.97 Å². The maximum atomic E-state index is 12.3. The van der Waals surface area contributed by atoms with Crippen molar-refractivity contribution in [1.29, 1.82) is 0 Å². The fourth-order valence-corrected chi connectivity index (χ4v) is 2.98. The first-order valence-corrected chi connectivity index (χ1v) is 6.98. The molecule has 0 bridgehead atoms. The number of thiophene rings is 1. The van der Waals surface area contributed by atoms with Gasteiger partial charge >= 0.3 is 5.97 Å². The van der Waals surface area contributed by atoms with Crippen LogP contribution >= 0.6 is 11.3 Å². The molecule has 1 amide bonds. The summed E-state index contributed by atoms with van der Waals surface area (Å²) in [7, 11) is 0. The topological polar surface area (TPSA) is 66.4 Å². The summed E-state index contributed by atoms with van der Waals surface area (Å²) in [5.74, 6) is -1.31. The molecule has 0 radical (unpaired) electrons. The number of aryl methyl sites for hydroxylation is 3. The molecule has 0 aliphatic carbocycles. The summed E-state index contributed by atoms with van der Waals surface area (Å²) in [6.07, 6.45) is 0. The number of amides is 1. The normalized spacial score (nSPS) is 10.3. The highest BCUT2D eigenvalue weighted by atomic mass is 32.1. The predicted octanol–water partition coefficient (Wildman–Crippen LogP) is 3.62. The molecule has 1 aromatic heterocycles. The van der Waals surface area contributed by atoms with Crippen LogP contribution in [0.5, 0.6) is 0 Å². The minimum atomic E-state index is -1.03. The Morgan fingerprint density at radius 1 is 1.15 bits per heavy atom. The molecule has 1 aromatic carbocycles. The molecule has 0 aliphatic heterocycles. The Morgan fingerprint density at radius 3 is 2.30 bits per heavy atom. The molecule has 5 heteroatoms. The van der Waals surface area contributed by atoms with Gasteiger partial charge in [-0.05, 0) is 43.3 Å². The molecule has 0 saturated heterocycles. The zero-order chi connectivity index (χ0) is 14.9. The summed E-state index contributed by atoms with van der Waals surface area (Å²) < 4.78 is 0. The molecule has 2 aromatic rings. The number of hydrogen-bond acceptors (Lipinski definition) is 3. The Morgan fingerprint density at radius 2 is 1.75 bits per heavy atom. The number of nitrogens with one attached hydrogen (secondary N) is 1. The van der Waals surface area contributed by atoms with Gasteiger partial charge in [-0.3, -0.25) is 4.79 Å². The van der Waals surface area contributed by atoms with E-state index in [-0.39, 0.29) is 10.8 Å². The van der Waals surface area contributed by atoms with Gasteiger partial charge in [-0.2, -0.15) is 0 Å². The smallest absolute Gasteiger partial charge is 0.348 e. The molecular weight excluding hydrogens is 274 g/mol. The minimum absolute atomic E-state index is 0.140. The summed E-state index contributed by atoms with van der Waals surface area (Å²) in [5, 5.41) is 13.4. The van der Waals surface area contributed by atoms with Crippen molar-refractivity contribution in [3.63, 3.8) is 0 Å². The van der Waals surface area contributed by atoms with Gasteiger partial charge in [0.15, 0.2) is 0 Å². The first kappa shape index (κ1) is 14.3. The highest BCUT2D eigenvalue weighted by Gasteiger charge is 2.17. The van der Waals surface area contributed by atoms with Crippen LogP contribution in [0.25, 0.3) is 0 Å². The van der Waals surface area contributed by atoms with Gasteiger partial charge in [0.25, 0.3) is 5.91 Å². The Bertz CT molecular complexity index is 665. The molecule has 2 N–H and O–H groups in total. The molecule has 4 nitrogen and oxygen atoms in total. The Balaban J connectivity index is 2.34. The van der Waals surface area contributed by atoms with Crippen molar-refractivity contribution in [3.8, 4) is 0 Å². The van der Waals surface area contributed by atoms with E-state index >= 15 is 0 Å². The maximum Gasteiger partial charge on any atom is 0.348 e. The van der Waals surface area contributed by atoms with Crippen LogP contribution in [0, 0.1) is 20.8 Å². The SMILES string of the molecule is Cc1cc(C)c(C(=O)Nc2ccsc2C(=O)O)c(C)c1. The standard InChI is InChI=1S/C15H15NO3S/c1-8-6-9(2)12(10(3)7-8)14(17)16-11-4-5-20-13(11)15(18)19/h4-7H,1-3H3,(H,16,17)(H,18,19). The highest BCUT2D eigenvalue weighted by molar-refractivity contribution is 7.12. The fraction of sp³-hybridized carbons (Fsp3) is 0.200. The van der Waals surface area contributed by atoms with E-state index in [1.165, 1.54) is 0 Å². The summed E-state index contributed by atoms with van der Waals surface area (Å²) in [6.45, 7) is 5.73. The lowest BCUT2D eigenvalue weighted by atomic mass is 9.99. The van der Waals surface area contributed by atoms with E-state index in [2.05, 4.69) is 5.32 Å². The van der Waals surface area contributed by atoms with Crippen LogP contribution in [0.3, 0.4) is 0 Å². The van der Waals surface area contributed by atoms with E-state index in [4.69, 9.17) is 5.11 Å². The molecule has 2 rings (SSSR count). The van der Waals surface area contributed by atoms with Crippen molar-refractivity contribution in [2.45, 2.75) is 20.8 Å². The van der Waals surface area contributed by atoms with Gasteiger partial charge in [-0.15, -0.1) is 11.3 Å². The van der Waals surface area contributed by atoms with E-state index in [0.717, 1.165) is 28.0 Å². The van der Waals surface area contributed by atoms with Crippen LogP contribution in [-0.2, 0) is 0 Å². The predicted molar refractivity (Wildman–Crippen MR) is 79.9 cm³/mol. The highest BCUT2D eigenvalue weighted by Crippen LogP contribution is 2.24. The van der Waals surface area contributed by atoms with Crippen molar-refractivity contribution in [1.82, 2.24) is 0 Å². The van der Waals surface area contributed by atoms with E-state index in [1.54, 1.807) is 11.4 Å². The minimum Gasteiger partial charge on any atom is -0.477 e. The van der Waals surface area contributed by atoms with Crippen LogP contribution in [0.15, 0.2) is 23.6 Å². The number of anilines is 1. The molecular formula is C15H15NO3S. The van der Waals surface area contributed by atoms with Gasteiger partial charge in [0.1, 0.15) is 4.88 Å². The number of aromatic carboxylic acids is 1. The number of carboxylic acids is 1. The molecule has 104 valence electrons. The third-order valence-corrected chi connectivity index (χ3v) is 3.91. The van der Waals surface area contributed by atoms with E-state index in [9.17, 15) is 9.59 Å². The zero-order valence-corrected chi connectivity index (χ0v) is 12.3. The van der Waals surface area contributed by atoms with Gasteiger partial charge in [0.05, 0.1) is 5.69 Å². The number of hydrogen-bond donors (Lipinski definition) is 2. The lowest BCUT2D eigenvalue weighted by Gasteiger charge is -2.11. The van der Waals surface area contributed by atoms with Gasteiger partial charge < -0.3 is 10.4 Å². The first-order chi connectivity index (χ1) is 9.40. The van der Waals surface area contributed by atoms with Crippen LogP contribution in [0.2, 0.25) is 0 Å². The van der Waals surface area contributed by atoms with Crippen LogP contribution in [0.1, 0.15) is 36.7 Å². The summed E-state index contributed by atoms with van der Waals surface area (Å²) in [4.78, 5) is 23.5. The molecule has 0 fully saturated rings. The second-order valence-electron chi connectivity index (χ2n) is 4.70. The quantitative estimate of drug-likeness (QED) is 0.906. The monoisotopic (exact) mass is 289 g/mol. The van der Waals surface area contributed by atoms with Crippen molar-refractivity contribution >= 4 is 28.9 Å².